The predicted octanol–water partition coefficient (Wildman–Crippen LogP) is 6.22. The third-order valence-electron chi connectivity index (χ3n) is 4.51. The molecule has 0 spiro atoms. The highest BCUT2D eigenvalue weighted by Gasteiger charge is 2.20. The van der Waals surface area contributed by atoms with Gasteiger partial charge in [-0.1, -0.05) is 52.3 Å². The summed E-state index contributed by atoms with van der Waals surface area (Å²) in [7, 11) is 0. The first kappa shape index (κ1) is 19.1. The first-order valence-electron chi connectivity index (χ1n) is 9.06. The minimum Gasteiger partial charge on any atom is -0.508 e. The Balaban J connectivity index is 2.42. The van der Waals surface area contributed by atoms with E-state index in [0.717, 1.165) is 47.1 Å². The zero-order valence-electron chi connectivity index (χ0n) is 16.1. The molecule has 0 atom stereocenters. The van der Waals surface area contributed by atoms with Crippen molar-refractivity contribution in [2.45, 2.75) is 59.3 Å². The molecule has 2 N–H and O–H groups in total. The van der Waals surface area contributed by atoms with Gasteiger partial charge in [-0.05, 0) is 71.7 Å². The normalized spacial score (nSPS) is 12.0. The first-order valence-corrected chi connectivity index (χ1v) is 9.06. The van der Waals surface area contributed by atoms with E-state index in [0.29, 0.717) is 11.5 Å². The third-order valence-corrected chi connectivity index (χ3v) is 4.51. The van der Waals surface area contributed by atoms with Gasteiger partial charge >= 0.3 is 0 Å². The molecule has 0 radical (unpaired) electrons. The number of rotatable bonds is 5. The van der Waals surface area contributed by atoms with Crippen molar-refractivity contribution in [1.82, 2.24) is 0 Å². The van der Waals surface area contributed by atoms with Crippen molar-refractivity contribution in [1.29, 1.82) is 0 Å². The second-order valence-electron chi connectivity index (χ2n) is 7.81. The molecule has 0 saturated carbocycles. The van der Waals surface area contributed by atoms with Gasteiger partial charge in [-0.3, -0.25) is 0 Å². The fourth-order valence-corrected chi connectivity index (χ4v) is 2.92. The first-order chi connectivity index (χ1) is 11.7. The van der Waals surface area contributed by atoms with Crippen LogP contribution in [0.5, 0.6) is 11.5 Å². The summed E-state index contributed by atoms with van der Waals surface area (Å²) in [5.41, 5.74) is 4.92. The summed E-state index contributed by atoms with van der Waals surface area (Å²) in [4.78, 5) is 0. The third kappa shape index (κ3) is 4.88. The minimum absolute atomic E-state index is 0.107. The Morgan fingerprint density at radius 3 is 2.24 bits per heavy atom. The van der Waals surface area contributed by atoms with E-state index in [2.05, 4.69) is 52.0 Å². The van der Waals surface area contributed by atoms with Crippen molar-refractivity contribution in [3.63, 3.8) is 0 Å². The maximum atomic E-state index is 10.7. The molecule has 2 rings (SSSR count). The molecule has 0 aromatic heterocycles. The summed E-state index contributed by atoms with van der Waals surface area (Å²) in [5, 5.41) is 20.3. The Morgan fingerprint density at radius 1 is 0.960 bits per heavy atom. The van der Waals surface area contributed by atoms with Crippen LogP contribution in [0.2, 0.25) is 0 Å². The lowest BCUT2D eigenvalue weighted by molar-refractivity contribution is 0.439. The fourth-order valence-electron chi connectivity index (χ4n) is 2.92. The van der Waals surface area contributed by atoms with Crippen LogP contribution >= 0.6 is 0 Å². The predicted molar refractivity (Wildman–Crippen MR) is 107 cm³/mol. The quantitative estimate of drug-likeness (QED) is 0.636. The molecule has 25 heavy (non-hydrogen) atoms. The Morgan fingerprint density at radius 2 is 1.64 bits per heavy atom. The Labute approximate surface area is 151 Å². The Bertz CT molecular complexity index is 764. The number of phenolic OH excluding ortho intramolecular Hbond substituents is 2. The van der Waals surface area contributed by atoms with Crippen LogP contribution in [0.1, 0.15) is 68.4 Å². The van der Waals surface area contributed by atoms with Crippen molar-refractivity contribution in [2.75, 3.05) is 0 Å². The molecule has 2 nitrogen and oxygen atoms in total. The average molecular weight is 338 g/mol. The van der Waals surface area contributed by atoms with Gasteiger partial charge in [-0.2, -0.15) is 0 Å². The lowest BCUT2D eigenvalue weighted by atomic mass is 9.83. The van der Waals surface area contributed by atoms with Crippen molar-refractivity contribution in [3.8, 4) is 11.5 Å². The van der Waals surface area contributed by atoms with Crippen LogP contribution in [-0.2, 0) is 11.8 Å². The zero-order chi connectivity index (χ0) is 18.6. The summed E-state index contributed by atoms with van der Waals surface area (Å²) in [6, 6.07) is 9.76. The number of benzene rings is 2. The van der Waals surface area contributed by atoms with Crippen LogP contribution in [0.25, 0.3) is 12.2 Å². The molecule has 0 aliphatic rings. The van der Waals surface area contributed by atoms with E-state index in [1.165, 1.54) is 0 Å². The van der Waals surface area contributed by atoms with Crippen LogP contribution < -0.4 is 0 Å². The van der Waals surface area contributed by atoms with Gasteiger partial charge in [0.15, 0.2) is 0 Å². The molecule has 0 fully saturated rings. The van der Waals surface area contributed by atoms with E-state index in [-0.39, 0.29) is 5.41 Å². The topological polar surface area (TPSA) is 40.5 Å². The molecule has 0 aliphatic carbocycles. The number of unbranched alkanes of at least 4 members (excludes halogenated alkanes) is 1. The maximum Gasteiger partial charge on any atom is 0.122 e. The van der Waals surface area contributed by atoms with Crippen molar-refractivity contribution < 1.29 is 10.2 Å². The number of aryl methyl sites for hydroxylation is 2. The molecule has 0 amide bonds. The monoisotopic (exact) mass is 338 g/mol. The molecule has 2 aromatic carbocycles. The second kappa shape index (κ2) is 7.77. The zero-order valence-corrected chi connectivity index (χ0v) is 16.1. The smallest absolute Gasteiger partial charge is 0.122 e. The number of aromatic hydroxyl groups is 2. The van der Waals surface area contributed by atoms with E-state index in [1.807, 2.05) is 19.1 Å². The van der Waals surface area contributed by atoms with Gasteiger partial charge in [0.25, 0.3) is 0 Å². The summed E-state index contributed by atoms with van der Waals surface area (Å²) >= 11 is 0. The van der Waals surface area contributed by atoms with E-state index in [9.17, 15) is 10.2 Å². The minimum atomic E-state index is -0.107. The largest absolute Gasteiger partial charge is 0.508 e. The van der Waals surface area contributed by atoms with Crippen molar-refractivity contribution in [2.24, 2.45) is 0 Å². The van der Waals surface area contributed by atoms with Crippen LogP contribution in [0, 0.1) is 6.92 Å². The van der Waals surface area contributed by atoms with Crippen LogP contribution in [0.3, 0.4) is 0 Å². The summed E-state index contributed by atoms with van der Waals surface area (Å²) in [6.07, 6.45) is 7.20. The molecular formula is C23H30O2. The highest BCUT2D eigenvalue weighted by Crippen LogP contribution is 2.35. The number of hydrogen-bond acceptors (Lipinski definition) is 2. The van der Waals surface area contributed by atoms with Crippen LogP contribution in [-0.4, -0.2) is 10.2 Å². The molecule has 0 bridgehead atoms. The molecule has 0 heterocycles. The molecule has 134 valence electrons. The standard InChI is InChI=1S/C23H30O2/c1-6-7-8-19-14-18(15-20(22(19)25)23(3,4)5)10-9-17-11-12-21(24)16(2)13-17/h9-15,24-25H,6-8H2,1-5H3/b10-9+. The van der Waals surface area contributed by atoms with Gasteiger partial charge in [-0.15, -0.1) is 0 Å². The van der Waals surface area contributed by atoms with E-state index >= 15 is 0 Å². The highest BCUT2D eigenvalue weighted by atomic mass is 16.3. The van der Waals surface area contributed by atoms with Gasteiger partial charge < -0.3 is 10.2 Å². The average Bonchev–Trinajstić information content (AvgIpc) is 2.54. The molecule has 0 saturated heterocycles. The summed E-state index contributed by atoms with van der Waals surface area (Å²) in [6.45, 7) is 10.4. The second-order valence-corrected chi connectivity index (χ2v) is 7.81. The van der Waals surface area contributed by atoms with Gasteiger partial charge in [-0.25, -0.2) is 0 Å². The van der Waals surface area contributed by atoms with E-state index in [1.54, 1.807) is 6.07 Å². The molecular weight excluding hydrogens is 308 g/mol. The lowest BCUT2D eigenvalue weighted by Gasteiger charge is -2.23. The van der Waals surface area contributed by atoms with Gasteiger partial charge in [0.1, 0.15) is 11.5 Å². The van der Waals surface area contributed by atoms with Crippen molar-refractivity contribution >= 4 is 12.2 Å². The summed E-state index contributed by atoms with van der Waals surface area (Å²) in [5.74, 6) is 0.761. The van der Waals surface area contributed by atoms with Gasteiger partial charge in [0, 0.05) is 5.56 Å². The highest BCUT2D eigenvalue weighted by molar-refractivity contribution is 5.72. The number of phenols is 2. The number of hydrogen-bond donors (Lipinski definition) is 2. The molecule has 0 aliphatic heterocycles. The van der Waals surface area contributed by atoms with Gasteiger partial charge in [0.05, 0.1) is 0 Å². The fraction of sp³-hybridized carbons (Fsp3) is 0.391. The summed E-state index contributed by atoms with van der Waals surface area (Å²) < 4.78 is 0. The SMILES string of the molecule is CCCCc1cc(/C=C/c2ccc(O)c(C)c2)cc(C(C)(C)C)c1O. The molecule has 2 aromatic rings. The van der Waals surface area contributed by atoms with Crippen LogP contribution in [0.4, 0.5) is 0 Å². The maximum absolute atomic E-state index is 10.7. The molecule has 0 unspecified atom stereocenters. The van der Waals surface area contributed by atoms with Crippen LogP contribution in [0.15, 0.2) is 30.3 Å². The Kier molecular flexibility index (Phi) is 5.94. The Hall–Kier alpha value is -2.22. The van der Waals surface area contributed by atoms with E-state index < -0.39 is 0 Å². The van der Waals surface area contributed by atoms with Gasteiger partial charge in [0.2, 0.25) is 0 Å². The lowest BCUT2D eigenvalue weighted by Crippen LogP contribution is -2.12. The molecule has 2 heteroatoms. The van der Waals surface area contributed by atoms with Crippen molar-refractivity contribution in [3.05, 3.63) is 58.1 Å². The van der Waals surface area contributed by atoms with E-state index in [4.69, 9.17) is 0 Å².